The standard InChI is InChI=1S/C9H21N/c1-3-5-6-7-9-10-8-4-2/h10H,3-9H2,1-2H3/p+1. The van der Waals surface area contributed by atoms with Crippen molar-refractivity contribution in [2.75, 3.05) is 13.1 Å². The second-order valence-corrected chi connectivity index (χ2v) is 2.93. The fraction of sp³-hybridized carbons (Fsp3) is 1.00. The largest absolute Gasteiger partial charge is 0.346 e. The Hall–Kier alpha value is -0.0400. The summed E-state index contributed by atoms with van der Waals surface area (Å²) in [5.74, 6) is 0. The highest BCUT2D eigenvalue weighted by molar-refractivity contribution is 4.36. The summed E-state index contributed by atoms with van der Waals surface area (Å²) >= 11 is 0. The summed E-state index contributed by atoms with van der Waals surface area (Å²) in [6, 6.07) is 0. The lowest BCUT2D eigenvalue weighted by Crippen LogP contribution is -2.84. The maximum absolute atomic E-state index is 2.43. The van der Waals surface area contributed by atoms with Crippen molar-refractivity contribution in [3.05, 3.63) is 0 Å². The van der Waals surface area contributed by atoms with Gasteiger partial charge in [-0.05, 0) is 19.3 Å². The van der Waals surface area contributed by atoms with E-state index < -0.39 is 0 Å². The van der Waals surface area contributed by atoms with E-state index in [1.807, 2.05) is 0 Å². The van der Waals surface area contributed by atoms with E-state index in [-0.39, 0.29) is 0 Å². The molecule has 0 fully saturated rings. The highest BCUT2D eigenvalue weighted by atomic mass is 14.8. The molecule has 0 rings (SSSR count). The highest BCUT2D eigenvalue weighted by Gasteiger charge is 1.88. The molecule has 10 heavy (non-hydrogen) atoms. The van der Waals surface area contributed by atoms with Gasteiger partial charge in [-0.3, -0.25) is 0 Å². The van der Waals surface area contributed by atoms with E-state index in [9.17, 15) is 0 Å². The number of unbranched alkanes of at least 4 members (excludes halogenated alkanes) is 3. The van der Waals surface area contributed by atoms with Crippen LogP contribution in [-0.2, 0) is 0 Å². The number of hydrogen-bond donors (Lipinski definition) is 1. The maximum Gasteiger partial charge on any atom is 0.0755 e. The van der Waals surface area contributed by atoms with Gasteiger partial charge in [0.1, 0.15) is 0 Å². The quantitative estimate of drug-likeness (QED) is 0.522. The Morgan fingerprint density at radius 2 is 1.60 bits per heavy atom. The SMILES string of the molecule is CCCCCC[NH2+]CCC. The first-order chi connectivity index (χ1) is 4.91. The van der Waals surface area contributed by atoms with Crippen LogP contribution in [0.1, 0.15) is 46.0 Å². The topological polar surface area (TPSA) is 16.6 Å². The van der Waals surface area contributed by atoms with Crippen LogP contribution in [0.15, 0.2) is 0 Å². The van der Waals surface area contributed by atoms with Gasteiger partial charge in [0, 0.05) is 0 Å². The fourth-order valence-corrected chi connectivity index (χ4v) is 1.06. The van der Waals surface area contributed by atoms with Crippen molar-refractivity contribution in [1.29, 1.82) is 0 Å². The van der Waals surface area contributed by atoms with Gasteiger partial charge in [0.15, 0.2) is 0 Å². The van der Waals surface area contributed by atoms with Crippen LogP contribution in [0.5, 0.6) is 0 Å². The Morgan fingerprint density at radius 3 is 2.20 bits per heavy atom. The molecule has 0 aromatic heterocycles. The second kappa shape index (κ2) is 8.96. The Morgan fingerprint density at radius 1 is 0.800 bits per heavy atom. The molecule has 0 aliphatic carbocycles. The Bertz CT molecular complexity index is 44.7. The summed E-state index contributed by atoms with van der Waals surface area (Å²) in [6.07, 6.45) is 6.92. The molecule has 1 nitrogen and oxygen atoms in total. The normalized spacial score (nSPS) is 10.2. The monoisotopic (exact) mass is 144 g/mol. The van der Waals surface area contributed by atoms with Gasteiger partial charge in [0.2, 0.25) is 0 Å². The molecule has 0 radical (unpaired) electrons. The fourth-order valence-electron chi connectivity index (χ4n) is 1.06. The Labute approximate surface area is 65.2 Å². The van der Waals surface area contributed by atoms with Crippen LogP contribution in [0.2, 0.25) is 0 Å². The van der Waals surface area contributed by atoms with Crippen LogP contribution >= 0.6 is 0 Å². The van der Waals surface area contributed by atoms with Gasteiger partial charge in [0.25, 0.3) is 0 Å². The first kappa shape index (κ1) is 9.96. The molecule has 0 amide bonds. The van der Waals surface area contributed by atoms with Crippen molar-refractivity contribution >= 4 is 0 Å². The molecular weight excluding hydrogens is 122 g/mol. The first-order valence-electron chi connectivity index (χ1n) is 4.73. The smallest absolute Gasteiger partial charge is 0.0755 e. The molecular formula is C9H22N+. The third-order valence-electron chi connectivity index (χ3n) is 1.75. The minimum atomic E-state index is 1.31. The van der Waals surface area contributed by atoms with Gasteiger partial charge in [-0.1, -0.05) is 26.7 Å². The van der Waals surface area contributed by atoms with Crippen molar-refractivity contribution < 1.29 is 5.32 Å². The number of hydrogen-bond acceptors (Lipinski definition) is 0. The summed E-state index contributed by atoms with van der Waals surface area (Å²) in [7, 11) is 0. The van der Waals surface area contributed by atoms with Gasteiger partial charge in [0.05, 0.1) is 13.1 Å². The molecule has 62 valence electrons. The van der Waals surface area contributed by atoms with Crippen LogP contribution in [0.4, 0.5) is 0 Å². The minimum absolute atomic E-state index is 1.31. The molecule has 1 heteroatoms. The molecule has 0 saturated heterocycles. The van der Waals surface area contributed by atoms with Gasteiger partial charge in [-0.15, -0.1) is 0 Å². The van der Waals surface area contributed by atoms with E-state index in [0.29, 0.717) is 0 Å². The van der Waals surface area contributed by atoms with Crippen LogP contribution < -0.4 is 5.32 Å². The molecule has 0 aromatic rings. The highest BCUT2D eigenvalue weighted by Crippen LogP contribution is 1.95. The van der Waals surface area contributed by atoms with Crippen molar-refractivity contribution in [2.24, 2.45) is 0 Å². The zero-order valence-electron chi connectivity index (χ0n) is 7.53. The second-order valence-electron chi connectivity index (χ2n) is 2.93. The van der Waals surface area contributed by atoms with Crippen LogP contribution in [0, 0.1) is 0 Å². The van der Waals surface area contributed by atoms with Gasteiger partial charge >= 0.3 is 0 Å². The molecule has 0 saturated carbocycles. The number of rotatable bonds is 7. The molecule has 0 aliphatic heterocycles. The van der Waals surface area contributed by atoms with E-state index in [2.05, 4.69) is 19.2 Å². The average Bonchev–Trinajstić information content (AvgIpc) is 1.97. The average molecular weight is 144 g/mol. The summed E-state index contributed by atoms with van der Waals surface area (Å²) < 4.78 is 0. The van der Waals surface area contributed by atoms with Gasteiger partial charge in [-0.2, -0.15) is 0 Å². The summed E-state index contributed by atoms with van der Waals surface area (Å²) in [5, 5.41) is 2.43. The van der Waals surface area contributed by atoms with E-state index in [1.165, 1.54) is 45.2 Å². The zero-order chi connectivity index (χ0) is 7.66. The lowest BCUT2D eigenvalue weighted by atomic mass is 10.2. The van der Waals surface area contributed by atoms with Crippen molar-refractivity contribution in [3.63, 3.8) is 0 Å². The lowest BCUT2D eigenvalue weighted by molar-refractivity contribution is -0.655. The third kappa shape index (κ3) is 7.96. The molecule has 0 unspecified atom stereocenters. The van der Waals surface area contributed by atoms with E-state index in [1.54, 1.807) is 0 Å². The molecule has 0 atom stereocenters. The predicted molar refractivity (Wildman–Crippen MR) is 46.1 cm³/mol. The minimum Gasteiger partial charge on any atom is -0.346 e. The van der Waals surface area contributed by atoms with Crippen molar-refractivity contribution in [2.45, 2.75) is 46.0 Å². The van der Waals surface area contributed by atoms with Crippen LogP contribution in [-0.4, -0.2) is 13.1 Å². The zero-order valence-corrected chi connectivity index (χ0v) is 7.53. The summed E-state index contributed by atoms with van der Waals surface area (Å²) in [5.41, 5.74) is 0. The predicted octanol–water partition coefficient (Wildman–Crippen LogP) is 1.54. The van der Waals surface area contributed by atoms with E-state index >= 15 is 0 Å². The molecule has 0 heterocycles. The van der Waals surface area contributed by atoms with Gasteiger partial charge in [-0.25, -0.2) is 0 Å². The van der Waals surface area contributed by atoms with Crippen LogP contribution in [0.25, 0.3) is 0 Å². The third-order valence-corrected chi connectivity index (χ3v) is 1.75. The molecule has 0 aliphatic rings. The molecule has 0 aromatic carbocycles. The molecule has 2 N–H and O–H groups in total. The van der Waals surface area contributed by atoms with E-state index in [4.69, 9.17) is 0 Å². The first-order valence-corrected chi connectivity index (χ1v) is 4.73. The summed E-state index contributed by atoms with van der Waals surface area (Å²) in [4.78, 5) is 0. The van der Waals surface area contributed by atoms with Crippen molar-refractivity contribution in [1.82, 2.24) is 0 Å². The lowest BCUT2D eigenvalue weighted by Gasteiger charge is -1.98. The molecule has 0 bridgehead atoms. The molecule has 0 spiro atoms. The van der Waals surface area contributed by atoms with E-state index in [0.717, 1.165) is 0 Å². The van der Waals surface area contributed by atoms with Gasteiger partial charge < -0.3 is 5.32 Å². The number of nitrogens with two attached hydrogens (primary N) is 1. The maximum atomic E-state index is 2.43. The number of quaternary nitrogens is 1. The van der Waals surface area contributed by atoms with Crippen molar-refractivity contribution in [3.8, 4) is 0 Å². The van der Waals surface area contributed by atoms with Crippen LogP contribution in [0.3, 0.4) is 0 Å². The summed E-state index contributed by atoms with van der Waals surface area (Å²) in [6.45, 7) is 7.15. The Kier molecular flexibility index (Phi) is 8.92. The Balaban J connectivity index is 2.65.